The second kappa shape index (κ2) is 11.3. The van der Waals surface area contributed by atoms with E-state index in [0.717, 1.165) is 0 Å². The molecule has 0 amide bonds. The molecule has 5 heteroatoms. The Labute approximate surface area is 85.1 Å². The maximum absolute atomic E-state index is 5.03. The molecule has 1 nitrogen and oxygen atoms in total. The summed E-state index contributed by atoms with van der Waals surface area (Å²) in [4.78, 5) is 0. The third-order valence-corrected chi connectivity index (χ3v) is 0.887. The van der Waals surface area contributed by atoms with Crippen molar-refractivity contribution in [2.24, 2.45) is 5.73 Å². The monoisotopic (exact) mass is 247 g/mol. The Morgan fingerprint density at radius 3 is 2.00 bits per heavy atom. The zero-order valence-corrected chi connectivity index (χ0v) is 12.2. The van der Waals surface area contributed by atoms with Crippen LogP contribution in [0.25, 0.3) is 0 Å². The largest absolute Gasteiger partial charge is 0.500 e. The molecule has 0 saturated heterocycles. The molecule has 8 heavy (non-hydrogen) atoms. The van der Waals surface area contributed by atoms with Crippen LogP contribution in [0.1, 0.15) is 0 Å². The van der Waals surface area contributed by atoms with E-state index in [1.165, 1.54) is 11.8 Å². The van der Waals surface area contributed by atoms with Gasteiger partial charge in [-0.1, -0.05) is 12.2 Å². The molecular weight excluding hydrogens is 245 g/mol. The van der Waals surface area contributed by atoms with Gasteiger partial charge in [0.1, 0.15) is 0 Å². The van der Waals surface area contributed by atoms with Crippen molar-refractivity contribution < 1.29 is 39.0 Å². The van der Waals surface area contributed by atoms with Gasteiger partial charge in [0, 0.05) is 39.0 Å². The molecule has 0 unspecified atom stereocenters. The Morgan fingerprint density at radius 2 is 2.00 bits per heavy atom. The van der Waals surface area contributed by atoms with Crippen LogP contribution in [0.5, 0.6) is 0 Å². The van der Waals surface area contributed by atoms with Gasteiger partial charge in [-0.2, -0.15) is 0 Å². The molecule has 0 aliphatic rings. The van der Waals surface area contributed by atoms with Gasteiger partial charge >= 0.3 is 0 Å². The van der Waals surface area contributed by atoms with Crippen LogP contribution in [0, 0.1) is 12.7 Å². The first-order valence-corrected chi connectivity index (χ1v) is 2.63. The molecule has 40 valence electrons. The molecule has 0 atom stereocenters. The molecule has 0 bridgehead atoms. The van der Waals surface area contributed by atoms with E-state index >= 15 is 0 Å². The Morgan fingerprint density at radius 1 is 1.62 bits per heavy atom. The Hall–Kier alpha value is 1.49. The molecule has 0 radical (unpaired) electrons. The molecule has 0 aliphatic heterocycles. The molecule has 0 aromatic heterocycles. The third-order valence-electron chi connectivity index (χ3n) is 0.199. The third kappa shape index (κ3) is 15.6. The molecule has 0 aromatic carbocycles. The fourth-order valence-electron chi connectivity index (χ4n) is 0.0821. The molecule has 0 fully saturated rings. The fraction of sp³-hybridized carbons (Fsp3) is 0. The summed E-state index contributed by atoms with van der Waals surface area (Å²) >= 11 is 5.72. The Bertz CT molecular complexity index is 59.2. The van der Waals surface area contributed by atoms with Gasteiger partial charge in [0.25, 0.3) is 0 Å². The summed E-state index contributed by atoms with van der Waals surface area (Å²) < 4.78 is 0.421. The Balaban J connectivity index is -0.000000125. The van der Waals surface area contributed by atoms with Crippen molar-refractivity contribution in [3.8, 4) is 0 Å². The standard InChI is InChI=1S/C3H5NS2.2Zn/c1-2-6-3(4)5;;/h2H,1H2,(H2,4,5);;/q-2;;. The summed E-state index contributed by atoms with van der Waals surface area (Å²) in [6.45, 7) is 3.40. The summed E-state index contributed by atoms with van der Waals surface area (Å²) in [5.41, 5.74) is 5.03. The average Bonchev–Trinajstić information content (AvgIpc) is 1.35. The average molecular weight is 250 g/mol. The van der Waals surface area contributed by atoms with Crippen molar-refractivity contribution in [2.75, 3.05) is 0 Å². The summed E-state index contributed by atoms with van der Waals surface area (Å²) in [5, 5.41) is 0. The van der Waals surface area contributed by atoms with Crippen LogP contribution in [0.4, 0.5) is 0 Å². The number of hydrogen-bond acceptors (Lipinski definition) is 2. The van der Waals surface area contributed by atoms with Crippen LogP contribution >= 0.6 is 24.0 Å². The van der Waals surface area contributed by atoms with Crippen LogP contribution in [-0.2, 0) is 39.0 Å². The van der Waals surface area contributed by atoms with E-state index in [9.17, 15) is 0 Å². The summed E-state index contributed by atoms with van der Waals surface area (Å²) in [6, 6.07) is 0. The van der Waals surface area contributed by atoms with Gasteiger partial charge in [-0.15, -0.1) is 0 Å². The van der Waals surface area contributed by atoms with Crippen molar-refractivity contribution in [3.05, 3.63) is 12.7 Å². The van der Waals surface area contributed by atoms with E-state index < -0.39 is 0 Å². The van der Waals surface area contributed by atoms with Crippen LogP contribution in [0.3, 0.4) is 0 Å². The van der Waals surface area contributed by atoms with Gasteiger partial charge in [-0.05, 0) is 0 Å². The Kier molecular flexibility index (Phi) is 22.9. The molecular formula is C3H5NS2Zn2-2. The predicted octanol–water partition coefficient (Wildman–Crippen LogP) is 0.954. The predicted molar refractivity (Wildman–Crippen MR) is 34.0 cm³/mol. The van der Waals surface area contributed by atoms with Crippen molar-refractivity contribution in [1.29, 1.82) is 0 Å². The van der Waals surface area contributed by atoms with Gasteiger partial charge in [0.2, 0.25) is 0 Å². The van der Waals surface area contributed by atoms with E-state index in [1.54, 1.807) is 5.75 Å². The minimum atomic E-state index is 0. The van der Waals surface area contributed by atoms with Crippen molar-refractivity contribution >= 4 is 28.3 Å². The topological polar surface area (TPSA) is 26.0 Å². The van der Waals surface area contributed by atoms with Crippen molar-refractivity contribution in [1.82, 2.24) is 0 Å². The first-order valence-electron chi connectivity index (χ1n) is 1.34. The number of hydrogen-bond donors (Lipinski definition) is 1. The number of thioether (sulfide) groups is 1. The molecule has 0 rings (SSSR count). The second-order valence-corrected chi connectivity index (χ2v) is 2.31. The normalized spacial score (nSPS) is 6.12. The summed E-state index contributed by atoms with van der Waals surface area (Å²) in [7, 11) is 0. The summed E-state index contributed by atoms with van der Waals surface area (Å²) in [6.07, 6.45) is 0. The molecule has 0 spiro atoms. The van der Waals surface area contributed by atoms with Gasteiger partial charge in [0.15, 0.2) is 0 Å². The van der Waals surface area contributed by atoms with Gasteiger partial charge in [0.05, 0.1) is 4.32 Å². The van der Waals surface area contributed by atoms with E-state index in [-0.39, 0.29) is 39.0 Å². The smallest absolute Gasteiger partial charge is 0.0965 e. The molecule has 0 aliphatic carbocycles. The molecule has 0 aromatic rings. The molecule has 0 heterocycles. The van der Waals surface area contributed by atoms with Gasteiger partial charge in [-0.3, -0.25) is 0 Å². The van der Waals surface area contributed by atoms with Crippen LogP contribution in [-0.4, -0.2) is 4.32 Å². The summed E-state index contributed by atoms with van der Waals surface area (Å²) in [5.74, 6) is 1.60. The van der Waals surface area contributed by atoms with Gasteiger partial charge in [-0.25, -0.2) is 0 Å². The SMILES string of the molecule is [CH2-][CH-]SC(N)=S.[Zn].[Zn]. The first kappa shape index (κ1) is 16.2. The molecule has 2 N–H and O–H groups in total. The maximum atomic E-state index is 5.03. The van der Waals surface area contributed by atoms with Crippen molar-refractivity contribution in [3.63, 3.8) is 0 Å². The van der Waals surface area contributed by atoms with Gasteiger partial charge < -0.3 is 30.2 Å². The number of thiocarbonyl (C=S) groups is 1. The number of rotatable bonds is 1. The van der Waals surface area contributed by atoms with E-state index in [0.29, 0.717) is 4.32 Å². The zero-order valence-electron chi connectivity index (χ0n) is 4.59. The zero-order chi connectivity index (χ0) is 4.99. The van der Waals surface area contributed by atoms with Crippen LogP contribution in [0.2, 0.25) is 0 Å². The van der Waals surface area contributed by atoms with E-state index in [1.807, 2.05) is 0 Å². The van der Waals surface area contributed by atoms with Crippen LogP contribution in [0.15, 0.2) is 0 Å². The van der Waals surface area contributed by atoms with Crippen molar-refractivity contribution in [2.45, 2.75) is 0 Å². The van der Waals surface area contributed by atoms with Crippen LogP contribution < -0.4 is 5.73 Å². The molecule has 0 saturated carbocycles. The van der Waals surface area contributed by atoms with E-state index in [2.05, 4.69) is 19.1 Å². The quantitative estimate of drug-likeness (QED) is 0.426. The van der Waals surface area contributed by atoms with E-state index in [4.69, 9.17) is 5.73 Å². The minimum absolute atomic E-state index is 0. The first-order chi connectivity index (χ1) is 2.77. The maximum Gasteiger partial charge on any atom is 0.0965 e. The minimum Gasteiger partial charge on any atom is -0.500 e. The second-order valence-electron chi connectivity index (χ2n) is 0.604. The number of nitrogens with two attached hydrogens (primary N) is 1. The fourth-order valence-corrected chi connectivity index (χ4v) is 0.451.